The number of rotatable bonds is 6. The van der Waals surface area contributed by atoms with Crippen LogP contribution in [-0.4, -0.2) is 47.7 Å². The first-order chi connectivity index (χ1) is 15.5. The van der Waals surface area contributed by atoms with Gasteiger partial charge in [-0.15, -0.1) is 0 Å². The summed E-state index contributed by atoms with van der Waals surface area (Å²) in [6.45, 7) is 2.30. The van der Waals surface area contributed by atoms with E-state index in [9.17, 15) is 22.8 Å². The topological polar surface area (TPSA) is 85.3 Å². The van der Waals surface area contributed by atoms with Crippen LogP contribution >= 0.6 is 11.6 Å². The zero-order chi connectivity index (χ0) is 24.2. The van der Waals surface area contributed by atoms with Gasteiger partial charge in [-0.25, -0.2) is 0 Å². The van der Waals surface area contributed by atoms with Crippen LogP contribution in [0.5, 0.6) is 0 Å². The molecule has 0 aliphatic carbocycles. The second kappa shape index (κ2) is 10.1. The molecule has 1 fully saturated rings. The van der Waals surface area contributed by atoms with Gasteiger partial charge in [0.05, 0.1) is 10.7 Å². The van der Waals surface area contributed by atoms with Crippen molar-refractivity contribution >= 4 is 40.5 Å². The van der Waals surface area contributed by atoms with E-state index in [4.69, 9.17) is 17.0 Å². The van der Waals surface area contributed by atoms with E-state index in [1.165, 1.54) is 31.2 Å². The second-order valence-corrected chi connectivity index (χ2v) is 8.00. The van der Waals surface area contributed by atoms with Gasteiger partial charge in [-0.3, -0.25) is 15.0 Å². The maximum absolute atomic E-state index is 13.0. The number of allylic oxidation sites excluding steroid dienone is 1. The van der Waals surface area contributed by atoms with Gasteiger partial charge in [-0.2, -0.15) is 13.2 Å². The molecule has 1 aliphatic heterocycles. The molecule has 1 aliphatic rings. The predicted octanol–water partition coefficient (Wildman–Crippen LogP) is 4.73. The Morgan fingerprint density at radius 1 is 1.12 bits per heavy atom. The van der Waals surface area contributed by atoms with E-state index in [1.807, 2.05) is 0 Å². The quantitative estimate of drug-likeness (QED) is 0.525. The molecule has 3 rings (SSSR count). The van der Waals surface area contributed by atoms with Gasteiger partial charge in [-0.1, -0.05) is 35.9 Å². The average Bonchev–Trinajstić information content (AvgIpc) is 3.21. The molecule has 0 bridgehead atoms. The standard InChI is InChI=1S/C23H22ClF3N4O2/c1-14(32)29-17-10-11-31(13-17)22(33)16-8-6-15(7-9-16)20(12-21(28)23(25,26)27)30-19-5-3-2-4-18(19)24/h2-9,12,17,28,30H,10-11,13H2,1H3,(H,29,32)/b20-12-,28-21?. The molecule has 6 nitrogen and oxygen atoms in total. The number of alkyl halides is 3. The van der Waals surface area contributed by atoms with E-state index in [0.29, 0.717) is 47.4 Å². The van der Waals surface area contributed by atoms with Gasteiger partial charge in [0.1, 0.15) is 5.71 Å². The molecule has 0 aromatic heterocycles. The van der Waals surface area contributed by atoms with Gasteiger partial charge in [0, 0.05) is 37.3 Å². The molecule has 174 valence electrons. The molecule has 1 unspecified atom stereocenters. The molecule has 2 amide bonds. The molecule has 1 atom stereocenters. The van der Waals surface area contributed by atoms with Gasteiger partial charge >= 0.3 is 6.18 Å². The summed E-state index contributed by atoms with van der Waals surface area (Å²) >= 11 is 6.12. The van der Waals surface area contributed by atoms with Crippen molar-refractivity contribution in [2.45, 2.75) is 25.6 Å². The zero-order valence-electron chi connectivity index (χ0n) is 17.7. The summed E-state index contributed by atoms with van der Waals surface area (Å²) in [7, 11) is 0. The number of benzene rings is 2. The van der Waals surface area contributed by atoms with Crippen molar-refractivity contribution in [1.82, 2.24) is 10.2 Å². The Bertz CT molecular complexity index is 1080. The first-order valence-electron chi connectivity index (χ1n) is 10.1. The van der Waals surface area contributed by atoms with E-state index >= 15 is 0 Å². The van der Waals surface area contributed by atoms with Crippen molar-refractivity contribution in [3.8, 4) is 0 Å². The highest BCUT2D eigenvalue weighted by molar-refractivity contribution is 6.33. The van der Waals surface area contributed by atoms with Gasteiger partial charge in [-0.05, 0) is 42.3 Å². The van der Waals surface area contributed by atoms with Crippen LogP contribution < -0.4 is 10.6 Å². The van der Waals surface area contributed by atoms with E-state index in [0.717, 1.165) is 0 Å². The van der Waals surface area contributed by atoms with Crippen LogP contribution in [0.15, 0.2) is 54.6 Å². The predicted molar refractivity (Wildman–Crippen MR) is 121 cm³/mol. The van der Waals surface area contributed by atoms with Crippen LogP contribution in [-0.2, 0) is 4.79 Å². The number of nitrogens with one attached hydrogen (secondary N) is 3. The molecule has 1 heterocycles. The van der Waals surface area contributed by atoms with Crippen LogP contribution in [0.1, 0.15) is 29.3 Å². The Hall–Kier alpha value is -3.33. The smallest absolute Gasteiger partial charge is 0.354 e. The van der Waals surface area contributed by atoms with Crippen molar-refractivity contribution in [1.29, 1.82) is 5.41 Å². The number of para-hydroxylation sites is 1. The van der Waals surface area contributed by atoms with Crippen molar-refractivity contribution in [3.05, 3.63) is 70.8 Å². The number of anilines is 1. The molecule has 3 N–H and O–H groups in total. The third-order valence-electron chi connectivity index (χ3n) is 5.06. The van der Waals surface area contributed by atoms with Gasteiger partial charge in [0.25, 0.3) is 5.91 Å². The Labute approximate surface area is 193 Å². The number of amides is 2. The molecule has 2 aromatic carbocycles. The number of nitrogens with zero attached hydrogens (tertiary/aromatic N) is 1. The molecule has 10 heteroatoms. The summed E-state index contributed by atoms with van der Waals surface area (Å²) < 4.78 is 39.0. The molecule has 33 heavy (non-hydrogen) atoms. The molecule has 0 spiro atoms. The number of carbonyl (C=O) groups excluding carboxylic acids is 2. The second-order valence-electron chi connectivity index (χ2n) is 7.59. The molecule has 0 saturated carbocycles. The number of hydrogen-bond donors (Lipinski definition) is 3. The van der Waals surface area contributed by atoms with Crippen LogP contribution in [0.25, 0.3) is 5.70 Å². The summed E-state index contributed by atoms with van der Waals surface area (Å²) in [6, 6.07) is 12.5. The molecular weight excluding hydrogens is 457 g/mol. The van der Waals surface area contributed by atoms with E-state index in [1.54, 1.807) is 29.2 Å². The number of likely N-dealkylation sites (tertiary alicyclic amines) is 1. The van der Waals surface area contributed by atoms with Crippen molar-refractivity contribution < 1.29 is 22.8 Å². The highest BCUT2D eigenvalue weighted by Crippen LogP contribution is 2.28. The molecule has 0 radical (unpaired) electrons. The SMILES string of the molecule is CC(=O)NC1CCN(C(=O)c2ccc(/C(=C/C(=N)C(F)(F)F)Nc3ccccc3Cl)cc2)C1. The molecule has 1 saturated heterocycles. The summed E-state index contributed by atoms with van der Waals surface area (Å²) in [5.74, 6) is -0.393. The van der Waals surface area contributed by atoms with Crippen LogP contribution in [0.2, 0.25) is 5.02 Å². The van der Waals surface area contributed by atoms with Crippen LogP contribution in [0.3, 0.4) is 0 Å². The van der Waals surface area contributed by atoms with Crippen LogP contribution in [0.4, 0.5) is 18.9 Å². The fraction of sp³-hybridized carbons (Fsp3) is 0.261. The minimum absolute atomic E-state index is 0.0105. The third kappa shape index (κ3) is 6.35. The summed E-state index contributed by atoms with van der Waals surface area (Å²) in [6.07, 6.45) is -3.49. The lowest BCUT2D eigenvalue weighted by Gasteiger charge is -2.18. The average molecular weight is 479 g/mol. The van der Waals surface area contributed by atoms with E-state index in [2.05, 4.69) is 10.6 Å². The van der Waals surface area contributed by atoms with Gasteiger partial charge < -0.3 is 15.5 Å². The highest BCUT2D eigenvalue weighted by atomic mass is 35.5. The lowest BCUT2D eigenvalue weighted by molar-refractivity contribution is -0.119. The Balaban J connectivity index is 1.83. The summed E-state index contributed by atoms with van der Waals surface area (Å²) in [5, 5.41) is 13.3. The maximum atomic E-state index is 13.0. The van der Waals surface area contributed by atoms with Crippen molar-refractivity contribution in [3.63, 3.8) is 0 Å². The Kier molecular flexibility index (Phi) is 7.43. The van der Waals surface area contributed by atoms with Crippen molar-refractivity contribution in [2.75, 3.05) is 18.4 Å². The highest BCUT2D eigenvalue weighted by Gasteiger charge is 2.33. The minimum atomic E-state index is -4.82. The first-order valence-corrected chi connectivity index (χ1v) is 10.5. The first kappa shape index (κ1) is 24.3. The molecular formula is C23H22ClF3N4O2. The Morgan fingerprint density at radius 2 is 1.76 bits per heavy atom. The third-order valence-corrected chi connectivity index (χ3v) is 5.39. The normalized spacial score (nSPS) is 16.5. The monoisotopic (exact) mass is 478 g/mol. The minimum Gasteiger partial charge on any atom is -0.354 e. The largest absolute Gasteiger partial charge is 0.432 e. The fourth-order valence-corrected chi connectivity index (χ4v) is 3.63. The lowest BCUT2D eigenvalue weighted by Crippen LogP contribution is -2.37. The number of halogens is 4. The summed E-state index contributed by atoms with van der Waals surface area (Å²) in [5.41, 5.74) is -0.431. The van der Waals surface area contributed by atoms with Crippen molar-refractivity contribution in [2.24, 2.45) is 0 Å². The van der Waals surface area contributed by atoms with Gasteiger partial charge in [0.2, 0.25) is 5.91 Å². The Morgan fingerprint density at radius 3 is 2.36 bits per heavy atom. The summed E-state index contributed by atoms with van der Waals surface area (Å²) in [4.78, 5) is 25.6. The number of carbonyl (C=O) groups is 2. The van der Waals surface area contributed by atoms with Gasteiger partial charge in [0.15, 0.2) is 0 Å². The van der Waals surface area contributed by atoms with Crippen LogP contribution in [0, 0.1) is 5.41 Å². The fourth-order valence-electron chi connectivity index (χ4n) is 3.45. The lowest BCUT2D eigenvalue weighted by atomic mass is 10.1. The zero-order valence-corrected chi connectivity index (χ0v) is 18.4. The maximum Gasteiger partial charge on any atom is 0.432 e. The number of hydrogen-bond acceptors (Lipinski definition) is 4. The van der Waals surface area contributed by atoms with E-state index in [-0.39, 0.29) is 23.6 Å². The van der Waals surface area contributed by atoms with E-state index < -0.39 is 11.9 Å². The molecule has 2 aromatic rings.